The van der Waals surface area contributed by atoms with Crippen LogP contribution in [0.4, 0.5) is 4.79 Å². The second kappa shape index (κ2) is 8.15. The lowest BCUT2D eigenvalue weighted by molar-refractivity contribution is -0.146. The van der Waals surface area contributed by atoms with Crippen molar-refractivity contribution in [3.05, 3.63) is 0 Å². The Bertz CT molecular complexity index is 409. The van der Waals surface area contributed by atoms with Crippen LogP contribution in [-0.4, -0.2) is 36.1 Å². The summed E-state index contributed by atoms with van der Waals surface area (Å²) in [6.45, 7) is 7.20. The zero-order valence-electron chi connectivity index (χ0n) is 13.9. The molecule has 126 valence electrons. The average Bonchev–Trinajstić information content (AvgIpc) is 3.19. The number of hydrogen-bond donors (Lipinski definition) is 1. The van der Waals surface area contributed by atoms with E-state index < -0.39 is 23.7 Å². The minimum Gasteiger partial charge on any atom is -0.464 e. The van der Waals surface area contributed by atoms with Gasteiger partial charge in [0.25, 0.3) is 0 Å². The van der Waals surface area contributed by atoms with Gasteiger partial charge in [-0.3, -0.25) is 4.79 Å². The van der Waals surface area contributed by atoms with Gasteiger partial charge in [0.1, 0.15) is 17.4 Å². The summed E-state index contributed by atoms with van der Waals surface area (Å²) in [6.07, 6.45) is 2.67. The topological polar surface area (TPSA) is 81.7 Å². The largest absolute Gasteiger partial charge is 0.464 e. The van der Waals surface area contributed by atoms with Crippen molar-refractivity contribution in [2.75, 3.05) is 6.61 Å². The van der Waals surface area contributed by atoms with Gasteiger partial charge in [-0.2, -0.15) is 0 Å². The predicted octanol–water partition coefficient (Wildman–Crippen LogP) is 2.59. The van der Waals surface area contributed by atoms with Crippen LogP contribution < -0.4 is 5.32 Å². The quantitative estimate of drug-likeness (QED) is 0.697. The molecule has 0 heterocycles. The number of rotatable bonds is 8. The first kappa shape index (κ1) is 18.5. The lowest BCUT2D eigenvalue weighted by atomic mass is 10.1. The molecule has 0 saturated heterocycles. The number of nitrogens with one attached hydrogen (secondary N) is 1. The number of carbonyl (C=O) groups excluding carboxylic acids is 3. The molecule has 0 aromatic heterocycles. The molecule has 1 amide bonds. The smallest absolute Gasteiger partial charge is 0.408 e. The summed E-state index contributed by atoms with van der Waals surface area (Å²) in [5.41, 5.74) is -0.634. The minimum absolute atomic E-state index is 0.222. The predicted molar refractivity (Wildman–Crippen MR) is 81.4 cm³/mol. The molecule has 0 aromatic rings. The fourth-order valence-electron chi connectivity index (χ4n) is 2.03. The molecule has 1 aliphatic carbocycles. The third-order valence-electron chi connectivity index (χ3n) is 3.21. The summed E-state index contributed by atoms with van der Waals surface area (Å²) in [7, 11) is 0. The van der Waals surface area contributed by atoms with Crippen LogP contribution in [0.1, 0.15) is 59.8 Å². The molecule has 0 spiro atoms. The number of ether oxygens (including phenoxy) is 2. The van der Waals surface area contributed by atoms with Crippen LogP contribution in [0.5, 0.6) is 0 Å². The molecule has 1 N–H and O–H groups in total. The van der Waals surface area contributed by atoms with Gasteiger partial charge in [-0.1, -0.05) is 0 Å². The van der Waals surface area contributed by atoms with Gasteiger partial charge in [-0.15, -0.1) is 0 Å². The van der Waals surface area contributed by atoms with Crippen LogP contribution in [0.3, 0.4) is 0 Å². The molecule has 6 heteroatoms. The van der Waals surface area contributed by atoms with E-state index in [1.165, 1.54) is 0 Å². The Morgan fingerprint density at radius 2 is 1.86 bits per heavy atom. The van der Waals surface area contributed by atoms with E-state index in [9.17, 15) is 14.4 Å². The Balaban J connectivity index is 2.45. The molecule has 0 radical (unpaired) electrons. The maximum absolute atomic E-state index is 11.9. The van der Waals surface area contributed by atoms with Crippen molar-refractivity contribution in [1.29, 1.82) is 0 Å². The van der Waals surface area contributed by atoms with Crippen molar-refractivity contribution in [3.63, 3.8) is 0 Å². The van der Waals surface area contributed by atoms with E-state index >= 15 is 0 Å². The minimum atomic E-state index is -0.776. The van der Waals surface area contributed by atoms with E-state index in [-0.39, 0.29) is 18.3 Å². The van der Waals surface area contributed by atoms with Gasteiger partial charge in [0, 0.05) is 12.3 Å². The van der Waals surface area contributed by atoms with Crippen molar-refractivity contribution < 1.29 is 23.9 Å². The van der Waals surface area contributed by atoms with Crippen molar-refractivity contribution in [1.82, 2.24) is 5.32 Å². The van der Waals surface area contributed by atoms with Crippen LogP contribution >= 0.6 is 0 Å². The first-order valence-electron chi connectivity index (χ1n) is 7.91. The molecule has 1 unspecified atom stereocenters. The molecule has 1 rings (SSSR count). The summed E-state index contributed by atoms with van der Waals surface area (Å²) in [4.78, 5) is 35.3. The molecule has 6 nitrogen and oxygen atoms in total. The van der Waals surface area contributed by atoms with E-state index in [2.05, 4.69) is 5.32 Å². The molecular weight excluding hydrogens is 286 g/mol. The summed E-state index contributed by atoms with van der Waals surface area (Å²) >= 11 is 0. The van der Waals surface area contributed by atoms with Gasteiger partial charge in [0.2, 0.25) is 0 Å². The summed E-state index contributed by atoms with van der Waals surface area (Å²) in [6, 6.07) is -0.776. The molecule has 1 atom stereocenters. The Hall–Kier alpha value is -1.59. The van der Waals surface area contributed by atoms with Gasteiger partial charge < -0.3 is 14.8 Å². The highest BCUT2D eigenvalue weighted by Gasteiger charge is 2.30. The van der Waals surface area contributed by atoms with Crippen LogP contribution in [0.2, 0.25) is 0 Å². The fraction of sp³-hybridized carbons (Fsp3) is 0.812. The second-order valence-electron chi connectivity index (χ2n) is 6.58. The van der Waals surface area contributed by atoms with Gasteiger partial charge in [-0.05, 0) is 53.4 Å². The van der Waals surface area contributed by atoms with E-state index in [4.69, 9.17) is 9.47 Å². The maximum atomic E-state index is 11.9. The highest BCUT2D eigenvalue weighted by Crippen LogP contribution is 2.31. The van der Waals surface area contributed by atoms with E-state index in [1.807, 2.05) is 0 Å². The molecule has 1 fully saturated rings. The standard InChI is InChI=1S/C16H27NO5/c1-5-21-14(19)12(17-15(20)22-16(2,3)4)7-6-8-13(18)11-9-10-11/h11-12H,5-10H2,1-4H3,(H,17,20). The van der Waals surface area contributed by atoms with Crippen molar-refractivity contribution in [3.8, 4) is 0 Å². The Kier molecular flexibility index (Phi) is 6.84. The number of esters is 1. The Morgan fingerprint density at radius 1 is 1.23 bits per heavy atom. The van der Waals surface area contributed by atoms with Gasteiger partial charge >= 0.3 is 12.1 Å². The molecule has 1 aliphatic rings. The Labute approximate surface area is 131 Å². The van der Waals surface area contributed by atoms with Gasteiger partial charge in [0.15, 0.2) is 0 Å². The van der Waals surface area contributed by atoms with Crippen LogP contribution in [0.15, 0.2) is 0 Å². The molecule has 22 heavy (non-hydrogen) atoms. The van der Waals surface area contributed by atoms with Crippen molar-refractivity contribution >= 4 is 17.8 Å². The number of Topliss-reactive ketones (excluding diaryl/α,β-unsaturated/α-hetero) is 1. The average molecular weight is 313 g/mol. The Morgan fingerprint density at radius 3 is 2.36 bits per heavy atom. The monoisotopic (exact) mass is 313 g/mol. The highest BCUT2D eigenvalue weighted by molar-refractivity contribution is 5.83. The number of hydrogen-bond acceptors (Lipinski definition) is 5. The van der Waals surface area contributed by atoms with E-state index in [0.717, 1.165) is 12.8 Å². The third kappa shape index (κ3) is 7.43. The highest BCUT2D eigenvalue weighted by atomic mass is 16.6. The third-order valence-corrected chi connectivity index (χ3v) is 3.21. The second-order valence-corrected chi connectivity index (χ2v) is 6.58. The van der Waals surface area contributed by atoms with Gasteiger partial charge in [0.05, 0.1) is 6.61 Å². The van der Waals surface area contributed by atoms with Crippen LogP contribution in [-0.2, 0) is 19.1 Å². The molecular formula is C16H27NO5. The number of alkyl carbamates (subject to hydrolysis) is 1. The van der Waals surface area contributed by atoms with E-state index in [0.29, 0.717) is 19.3 Å². The lowest BCUT2D eigenvalue weighted by Gasteiger charge is -2.22. The summed E-state index contributed by atoms with van der Waals surface area (Å²) in [5, 5.41) is 2.53. The first-order valence-corrected chi connectivity index (χ1v) is 7.91. The lowest BCUT2D eigenvalue weighted by Crippen LogP contribution is -2.44. The number of ketones is 1. The molecule has 0 bridgehead atoms. The zero-order chi connectivity index (χ0) is 16.8. The van der Waals surface area contributed by atoms with Crippen molar-refractivity contribution in [2.45, 2.75) is 71.4 Å². The van der Waals surface area contributed by atoms with E-state index in [1.54, 1.807) is 27.7 Å². The number of amides is 1. The normalized spacial score (nSPS) is 15.8. The molecule has 0 aliphatic heterocycles. The SMILES string of the molecule is CCOC(=O)C(CCCC(=O)C1CC1)NC(=O)OC(C)(C)C. The molecule has 0 aromatic carbocycles. The zero-order valence-corrected chi connectivity index (χ0v) is 13.9. The van der Waals surface area contributed by atoms with Crippen molar-refractivity contribution in [2.24, 2.45) is 5.92 Å². The maximum Gasteiger partial charge on any atom is 0.408 e. The van der Waals surface area contributed by atoms with Crippen LogP contribution in [0, 0.1) is 5.92 Å². The molecule has 1 saturated carbocycles. The van der Waals surface area contributed by atoms with Crippen LogP contribution in [0.25, 0.3) is 0 Å². The fourth-order valence-corrected chi connectivity index (χ4v) is 2.03. The first-order chi connectivity index (χ1) is 10.2. The number of carbonyl (C=O) groups is 3. The summed E-state index contributed by atoms with van der Waals surface area (Å²) in [5.74, 6) is -0.0213. The summed E-state index contributed by atoms with van der Waals surface area (Å²) < 4.78 is 10.1. The van der Waals surface area contributed by atoms with Gasteiger partial charge in [-0.25, -0.2) is 9.59 Å².